The van der Waals surface area contributed by atoms with Crippen LogP contribution in [0.15, 0.2) is 42.5 Å². The molecule has 140 valence electrons. The van der Waals surface area contributed by atoms with Gasteiger partial charge in [-0.2, -0.15) is 0 Å². The smallest absolute Gasteiger partial charge is 0.410 e. The molecule has 1 amide bonds. The van der Waals surface area contributed by atoms with Crippen molar-refractivity contribution in [3.63, 3.8) is 0 Å². The lowest BCUT2D eigenvalue weighted by Gasteiger charge is -2.25. The van der Waals surface area contributed by atoms with Gasteiger partial charge in [0.1, 0.15) is 12.2 Å². The van der Waals surface area contributed by atoms with E-state index in [0.29, 0.717) is 5.56 Å². The van der Waals surface area contributed by atoms with Crippen molar-refractivity contribution in [1.82, 2.24) is 4.90 Å². The lowest BCUT2D eigenvalue weighted by atomic mass is 10.1. The molecule has 0 fully saturated rings. The highest BCUT2D eigenvalue weighted by Gasteiger charge is 2.22. The first-order chi connectivity index (χ1) is 12.2. The lowest BCUT2D eigenvalue weighted by Crippen LogP contribution is -2.34. The molecular weight excluding hydrogens is 335 g/mol. The highest BCUT2D eigenvalue weighted by atomic mass is 19.1. The van der Waals surface area contributed by atoms with Crippen LogP contribution in [0.25, 0.3) is 0 Å². The molecule has 0 aliphatic heterocycles. The Kier molecular flexibility index (Phi) is 6.08. The zero-order valence-electron chi connectivity index (χ0n) is 15.6. The molecule has 0 atom stereocenters. The molecule has 26 heavy (non-hydrogen) atoms. The summed E-state index contributed by atoms with van der Waals surface area (Å²) in [5.74, 6) is -0.480. The third kappa shape index (κ3) is 5.65. The third-order valence-electron chi connectivity index (χ3n) is 3.48. The number of nitrogen functional groups attached to an aromatic ring is 1. The first kappa shape index (κ1) is 19.6. The molecule has 0 heterocycles. The molecule has 0 saturated carbocycles. The highest BCUT2D eigenvalue weighted by Crippen LogP contribution is 2.28. The minimum atomic E-state index is -0.612. The van der Waals surface area contributed by atoms with E-state index in [0.717, 1.165) is 5.56 Å². The van der Waals surface area contributed by atoms with E-state index in [4.69, 9.17) is 15.2 Å². The second-order valence-electron chi connectivity index (χ2n) is 7.10. The average Bonchev–Trinajstić information content (AvgIpc) is 2.53. The Balaban J connectivity index is 2.17. The van der Waals surface area contributed by atoms with Gasteiger partial charge in [0.15, 0.2) is 11.6 Å². The van der Waals surface area contributed by atoms with Crippen molar-refractivity contribution in [2.45, 2.75) is 39.5 Å². The molecule has 2 aromatic carbocycles. The number of nitrogens with zero attached hydrogens (tertiary/aromatic N) is 1. The molecule has 0 aromatic heterocycles. The van der Waals surface area contributed by atoms with Crippen LogP contribution in [0, 0.1) is 5.82 Å². The average molecular weight is 360 g/mol. The summed E-state index contributed by atoms with van der Waals surface area (Å²) in [5.41, 5.74) is 6.80. The maximum Gasteiger partial charge on any atom is 0.410 e. The predicted molar refractivity (Wildman–Crippen MR) is 99.3 cm³/mol. The van der Waals surface area contributed by atoms with E-state index in [-0.39, 0.29) is 24.6 Å². The van der Waals surface area contributed by atoms with Gasteiger partial charge in [-0.25, -0.2) is 9.18 Å². The molecule has 0 aliphatic carbocycles. The number of halogens is 1. The molecule has 2 aromatic rings. The standard InChI is InChI=1S/C20H25FN2O3/c1-20(2,3)26-19(24)23(4)12-15-10-16(22)11-17(21)18(15)25-13-14-8-6-5-7-9-14/h5-11H,12-13,22H2,1-4H3. The number of benzene rings is 2. The highest BCUT2D eigenvalue weighted by molar-refractivity contribution is 5.68. The molecule has 0 spiro atoms. The topological polar surface area (TPSA) is 64.8 Å². The van der Waals surface area contributed by atoms with Crippen molar-refractivity contribution in [2.24, 2.45) is 0 Å². The van der Waals surface area contributed by atoms with E-state index < -0.39 is 17.5 Å². The minimum absolute atomic E-state index is 0.0819. The summed E-state index contributed by atoms with van der Waals surface area (Å²) in [7, 11) is 1.58. The van der Waals surface area contributed by atoms with Crippen LogP contribution < -0.4 is 10.5 Å². The molecule has 0 saturated heterocycles. The summed E-state index contributed by atoms with van der Waals surface area (Å²) < 4.78 is 25.4. The minimum Gasteiger partial charge on any atom is -0.485 e. The molecular formula is C20H25FN2O3. The molecule has 0 unspecified atom stereocenters. The van der Waals surface area contributed by atoms with Crippen LogP contribution in [0.5, 0.6) is 5.75 Å². The number of hydrogen-bond acceptors (Lipinski definition) is 4. The van der Waals surface area contributed by atoms with Crippen molar-refractivity contribution < 1.29 is 18.7 Å². The Labute approximate surface area is 153 Å². The van der Waals surface area contributed by atoms with Gasteiger partial charge < -0.3 is 20.1 Å². The number of amides is 1. The van der Waals surface area contributed by atoms with Crippen LogP contribution >= 0.6 is 0 Å². The second-order valence-corrected chi connectivity index (χ2v) is 7.10. The fourth-order valence-electron chi connectivity index (χ4n) is 2.34. The van der Waals surface area contributed by atoms with Gasteiger partial charge in [-0.3, -0.25) is 0 Å². The van der Waals surface area contributed by atoms with Crippen LogP contribution in [-0.2, 0) is 17.9 Å². The molecule has 0 aliphatic rings. The zero-order valence-corrected chi connectivity index (χ0v) is 15.6. The summed E-state index contributed by atoms with van der Waals surface area (Å²) in [6.45, 7) is 5.68. The Morgan fingerprint density at radius 3 is 2.46 bits per heavy atom. The van der Waals surface area contributed by atoms with Gasteiger partial charge in [0.2, 0.25) is 0 Å². The summed E-state index contributed by atoms with van der Waals surface area (Å²) >= 11 is 0. The van der Waals surface area contributed by atoms with Crippen LogP contribution in [-0.4, -0.2) is 23.6 Å². The molecule has 5 nitrogen and oxygen atoms in total. The van der Waals surface area contributed by atoms with E-state index in [1.807, 2.05) is 30.3 Å². The first-order valence-corrected chi connectivity index (χ1v) is 8.34. The van der Waals surface area contributed by atoms with E-state index in [2.05, 4.69) is 0 Å². The van der Waals surface area contributed by atoms with Crippen LogP contribution in [0.3, 0.4) is 0 Å². The zero-order chi connectivity index (χ0) is 19.3. The molecule has 6 heteroatoms. The number of carbonyl (C=O) groups is 1. The molecule has 2 N–H and O–H groups in total. The quantitative estimate of drug-likeness (QED) is 0.805. The summed E-state index contributed by atoms with van der Waals surface area (Å²) in [5, 5.41) is 0. The van der Waals surface area contributed by atoms with Crippen molar-refractivity contribution >= 4 is 11.8 Å². The van der Waals surface area contributed by atoms with Crippen LogP contribution in [0.1, 0.15) is 31.9 Å². The van der Waals surface area contributed by atoms with Gasteiger partial charge in [0, 0.05) is 24.4 Å². The van der Waals surface area contributed by atoms with Crippen LogP contribution in [0.2, 0.25) is 0 Å². The number of hydrogen-bond donors (Lipinski definition) is 1. The van der Waals surface area contributed by atoms with E-state index in [1.54, 1.807) is 33.9 Å². The Hall–Kier alpha value is -2.76. The number of nitrogens with two attached hydrogens (primary N) is 1. The van der Waals surface area contributed by atoms with E-state index in [9.17, 15) is 9.18 Å². The summed E-state index contributed by atoms with van der Waals surface area (Å²) in [6.07, 6.45) is -0.505. The fourth-order valence-corrected chi connectivity index (χ4v) is 2.34. The Morgan fingerprint density at radius 1 is 1.19 bits per heavy atom. The third-order valence-corrected chi connectivity index (χ3v) is 3.48. The first-order valence-electron chi connectivity index (χ1n) is 8.34. The van der Waals surface area contributed by atoms with E-state index in [1.165, 1.54) is 11.0 Å². The largest absolute Gasteiger partial charge is 0.485 e. The monoisotopic (exact) mass is 360 g/mol. The van der Waals surface area contributed by atoms with Gasteiger partial charge in [0.25, 0.3) is 0 Å². The number of rotatable bonds is 5. The van der Waals surface area contributed by atoms with Crippen LogP contribution in [0.4, 0.5) is 14.9 Å². The molecule has 2 rings (SSSR count). The van der Waals surface area contributed by atoms with Crippen molar-refractivity contribution in [2.75, 3.05) is 12.8 Å². The van der Waals surface area contributed by atoms with Crippen molar-refractivity contribution in [3.05, 3.63) is 59.4 Å². The van der Waals surface area contributed by atoms with Gasteiger partial charge >= 0.3 is 6.09 Å². The van der Waals surface area contributed by atoms with Gasteiger partial charge in [0.05, 0.1) is 6.54 Å². The van der Waals surface area contributed by atoms with Gasteiger partial charge in [-0.15, -0.1) is 0 Å². The van der Waals surface area contributed by atoms with Gasteiger partial charge in [-0.1, -0.05) is 30.3 Å². The summed E-state index contributed by atoms with van der Waals surface area (Å²) in [4.78, 5) is 13.5. The number of anilines is 1. The molecule has 0 radical (unpaired) electrons. The van der Waals surface area contributed by atoms with Crippen molar-refractivity contribution in [1.29, 1.82) is 0 Å². The number of carbonyl (C=O) groups excluding carboxylic acids is 1. The summed E-state index contributed by atoms with van der Waals surface area (Å²) in [6, 6.07) is 12.3. The SMILES string of the molecule is CN(Cc1cc(N)cc(F)c1OCc1ccccc1)C(=O)OC(C)(C)C. The van der Waals surface area contributed by atoms with Gasteiger partial charge in [-0.05, 0) is 32.4 Å². The Bertz CT molecular complexity index is 758. The second kappa shape index (κ2) is 8.08. The maximum atomic E-state index is 14.4. The Morgan fingerprint density at radius 2 is 1.85 bits per heavy atom. The van der Waals surface area contributed by atoms with E-state index >= 15 is 0 Å². The number of ether oxygens (including phenoxy) is 2. The normalized spacial score (nSPS) is 11.1. The molecule has 0 bridgehead atoms. The predicted octanol–water partition coefficient (Wildman–Crippen LogP) is 4.35. The lowest BCUT2D eigenvalue weighted by molar-refractivity contribution is 0.0283. The fraction of sp³-hybridized carbons (Fsp3) is 0.350. The maximum absolute atomic E-state index is 14.4. The van der Waals surface area contributed by atoms with Crippen molar-refractivity contribution in [3.8, 4) is 5.75 Å².